The monoisotopic (exact) mass is 462 g/mol. The highest BCUT2D eigenvalue weighted by molar-refractivity contribution is 5.18. The van der Waals surface area contributed by atoms with Gasteiger partial charge < -0.3 is 0 Å². The number of hydrogen-bond acceptors (Lipinski definition) is 0. The zero-order chi connectivity index (χ0) is 23.6. The van der Waals surface area contributed by atoms with Crippen LogP contribution in [0.4, 0.5) is 0 Å². The molecule has 0 spiro atoms. The third kappa shape index (κ3) is 7.99. The van der Waals surface area contributed by atoms with Gasteiger partial charge in [-0.05, 0) is 98.9 Å². The normalized spacial score (nSPS) is 33.7. The molecule has 0 amide bonds. The van der Waals surface area contributed by atoms with E-state index in [9.17, 15) is 0 Å². The standard InChI is InChI=1S/C34H54/c1-3-4-6-9-28-12-14-29(15-13-28)16-17-30-18-22-33(23-19-30)34-24-20-31(21-25-34)26-27(2)32-10-7-5-8-11-32/h3-5,7-8,10-11,27-31,33-34H,6,9,12-26H2,1-2H3/t27-,28?,29?,30?,31?,33?,34?/m1/s1. The Bertz CT molecular complexity index is 678. The van der Waals surface area contributed by atoms with Crippen LogP contribution in [-0.2, 0) is 0 Å². The van der Waals surface area contributed by atoms with Crippen molar-refractivity contribution in [1.29, 1.82) is 0 Å². The van der Waals surface area contributed by atoms with Crippen LogP contribution in [0.15, 0.2) is 42.5 Å². The van der Waals surface area contributed by atoms with E-state index in [1.54, 1.807) is 44.1 Å². The first-order valence-electron chi connectivity index (χ1n) is 15.4. The smallest absolute Gasteiger partial charge is 0.0188 e. The summed E-state index contributed by atoms with van der Waals surface area (Å²) in [5, 5.41) is 0. The zero-order valence-electron chi connectivity index (χ0n) is 22.6. The van der Waals surface area contributed by atoms with E-state index < -0.39 is 0 Å². The lowest BCUT2D eigenvalue weighted by molar-refractivity contribution is 0.135. The van der Waals surface area contributed by atoms with E-state index in [0.29, 0.717) is 0 Å². The molecule has 34 heavy (non-hydrogen) atoms. The lowest BCUT2D eigenvalue weighted by Crippen LogP contribution is -2.26. The minimum Gasteiger partial charge on any atom is -0.0917 e. The summed E-state index contributed by atoms with van der Waals surface area (Å²) in [5.41, 5.74) is 1.54. The second-order valence-electron chi connectivity index (χ2n) is 12.7. The Morgan fingerprint density at radius 3 is 1.65 bits per heavy atom. The van der Waals surface area contributed by atoms with Crippen molar-refractivity contribution in [3.05, 3.63) is 48.0 Å². The van der Waals surface area contributed by atoms with Crippen molar-refractivity contribution in [2.24, 2.45) is 35.5 Å². The molecule has 0 aliphatic heterocycles. The third-order valence-electron chi connectivity index (χ3n) is 10.4. The van der Waals surface area contributed by atoms with Crippen LogP contribution >= 0.6 is 0 Å². The molecule has 0 aromatic heterocycles. The van der Waals surface area contributed by atoms with Gasteiger partial charge in [-0.2, -0.15) is 0 Å². The molecule has 0 saturated heterocycles. The van der Waals surface area contributed by atoms with Gasteiger partial charge in [0.1, 0.15) is 0 Å². The van der Waals surface area contributed by atoms with Gasteiger partial charge in [0.05, 0.1) is 0 Å². The fourth-order valence-corrected chi connectivity index (χ4v) is 8.04. The van der Waals surface area contributed by atoms with E-state index >= 15 is 0 Å². The topological polar surface area (TPSA) is 0 Å². The molecule has 190 valence electrons. The van der Waals surface area contributed by atoms with Gasteiger partial charge in [0.2, 0.25) is 0 Å². The van der Waals surface area contributed by atoms with Crippen molar-refractivity contribution in [2.75, 3.05) is 0 Å². The minimum absolute atomic E-state index is 0.728. The maximum atomic E-state index is 2.44. The number of rotatable bonds is 10. The highest BCUT2D eigenvalue weighted by Crippen LogP contribution is 2.44. The molecule has 1 aromatic carbocycles. The number of hydrogen-bond donors (Lipinski definition) is 0. The molecule has 3 aliphatic rings. The van der Waals surface area contributed by atoms with Crippen molar-refractivity contribution >= 4 is 0 Å². The first-order valence-corrected chi connectivity index (χ1v) is 15.4. The van der Waals surface area contributed by atoms with Crippen molar-refractivity contribution in [2.45, 2.75) is 129 Å². The van der Waals surface area contributed by atoms with Crippen LogP contribution in [0.2, 0.25) is 0 Å². The van der Waals surface area contributed by atoms with Crippen molar-refractivity contribution in [1.82, 2.24) is 0 Å². The molecule has 1 aromatic rings. The number of allylic oxidation sites excluding steroid dienone is 2. The predicted molar refractivity (Wildman–Crippen MR) is 149 cm³/mol. The molecule has 0 bridgehead atoms. The predicted octanol–water partition coefficient (Wildman–Crippen LogP) is 10.7. The SMILES string of the molecule is CC=CCCC1CCC(CCC2CCC(C3CCC(C[C@@H](C)c4ccccc4)CC3)CC2)CC1. The quantitative estimate of drug-likeness (QED) is 0.303. The summed E-state index contributed by atoms with van der Waals surface area (Å²) in [4.78, 5) is 0. The molecule has 3 aliphatic carbocycles. The van der Waals surface area contributed by atoms with Crippen LogP contribution in [0.5, 0.6) is 0 Å². The Labute approximate surface area is 212 Å². The Morgan fingerprint density at radius 1 is 0.647 bits per heavy atom. The van der Waals surface area contributed by atoms with Crippen LogP contribution in [0.1, 0.15) is 134 Å². The minimum atomic E-state index is 0.728. The van der Waals surface area contributed by atoms with Crippen LogP contribution in [0, 0.1) is 35.5 Å². The van der Waals surface area contributed by atoms with Gasteiger partial charge >= 0.3 is 0 Å². The summed E-state index contributed by atoms with van der Waals surface area (Å²) in [5.74, 6) is 6.97. The van der Waals surface area contributed by atoms with Crippen LogP contribution in [0.3, 0.4) is 0 Å². The molecular weight excluding hydrogens is 408 g/mol. The summed E-state index contributed by atoms with van der Waals surface area (Å²) in [6.07, 6.45) is 30.2. The van der Waals surface area contributed by atoms with E-state index in [1.165, 1.54) is 70.6 Å². The average Bonchev–Trinajstić information content (AvgIpc) is 2.90. The van der Waals surface area contributed by atoms with Crippen molar-refractivity contribution < 1.29 is 0 Å². The first kappa shape index (κ1) is 26.0. The Morgan fingerprint density at radius 2 is 1.12 bits per heavy atom. The van der Waals surface area contributed by atoms with E-state index in [1.807, 2.05) is 0 Å². The second kappa shape index (κ2) is 13.9. The first-order chi connectivity index (χ1) is 16.7. The second-order valence-corrected chi connectivity index (χ2v) is 12.7. The molecule has 0 N–H and O–H groups in total. The van der Waals surface area contributed by atoms with E-state index in [-0.39, 0.29) is 0 Å². The molecule has 4 rings (SSSR count). The number of benzene rings is 1. The molecule has 1 atom stereocenters. The maximum absolute atomic E-state index is 2.44. The summed E-state index contributed by atoms with van der Waals surface area (Å²) in [6, 6.07) is 11.2. The lowest BCUT2D eigenvalue weighted by atomic mass is 9.67. The molecule has 3 fully saturated rings. The molecule has 0 radical (unpaired) electrons. The average molecular weight is 463 g/mol. The van der Waals surface area contributed by atoms with Crippen LogP contribution in [0.25, 0.3) is 0 Å². The van der Waals surface area contributed by atoms with Gasteiger partial charge in [0.15, 0.2) is 0 Å². The summed E-state index contributed by atoms with van der Waals surface area (Å²) >= 11 is 0. The largest absolute Gasteiger partial charge is 0.0917 e. The highest BCUT2D eigenvalue weighted by Gasteiger charge is 2.31. The van der Waals surface area contributed by atoms with E-state index in [4.69, 9.17) is 0 Å². The van der Waals surface area contributed by atoms with Gasteiger partial charge in [0, 0.05) is 0 Å². The van der Waals surface area contributed by atoms with Crippen LogP contribution in [-0.4, -0.2) is 0 Å². The molecule has 0 heteroatoms. The zero-order valence-corrected chi connectivity index (χ0v) is 22.6. The van der Waals surface area contributed by atoms with Crippen molar-refractivity contribution in [3.63, 3.8) is 0 Å². The van der Waals surface area contributed by atoms with E-state index in [0.717, 1.165) is 41.4 Å². The molecule has 0 heterocycles. The highest BCUT2D eigenvalue weighted by atomic mass is 14.4. The molecular formula is C34H54. The Hall–Kier alpha value is -1.04. The summed E-state index contributed by atoms with van der Waals surface area (Å²) < 4.78 is 0. The lowest BCUT2D eigenvalue weighted by Gasteiger charge is -2.39. The van der Waals surface area contributed by atoms with Crippen LogP contribution < -0.4 is 0 Å². The molecule has 3 saturated carbocycles. The Balaban J connectivity index is 1.07. The maximum Gasteiger partial charge on any atom is -0.0188 e. The van der Waals surface area contributed by atoms with Gasteiger partial charge in [-0.25, -0.2) is 0 Å². The van der Waals surface area contributed by atoms with E-state index in [2.05, 4.69) is 56.3 Å². The fraction of sp³-hybridized carbons (Fsp3) is 0.765. The Kier molecular flexibility index (Phi) is 10.6. The summed E-state index contributed by atoms with van der Waals surface area (Å²) in [7, 11) is 0. The van der Waals surface area contributed by atoms with Crippen molar-refractivity contribution in [3.8, 4) is 0 Å². The van der Waals surface area contributed by atoms with Gasteiger partial charge in [0.25, 0.3) is 0 Å². The molecule has 0 unspecified atom stereocenters. The van der Waals surface area contributed by atoms with Gasteiger partial charge in [-0.1, -0.05) is 114 Å². The summed E-state index contributed by atoms with van der Waals surface area (Å²) in [6.45, 7) is 4.60. The van der Waals surface area contributed by atoms with Gasteiger partial charge in [-0.15, -0.1) is 0 Å². The third-order valence-corrected chi connectivity index (χ3v) is 10.4. The molecule has 0 nitrogen and oxygen atoms in total. The fourth-order valence-electron chi connectivity index (χ4n) is 8.04. The van der Waals surface area contributed by atoms with Gasteiger partial charge in [-0.3, -0.25) is 0 Å².